The molecular weight excluding hydrogens is 346 g/mol. The molecule has 2 aromatic rings. The predicted molar refractivity (Wildman–Crippen MR) is 81.1 cm³/mol. The van der Waals surface area contributed by atoms with Crippen LogP contribution in [0.3, 0.4) is 0 Å². The van der Waals surface area contributed by atoms with Gasteiger partial charge in [0.2, 0.25) is 0 Å². The van der Waals surface area contributed by atoms with Crippen molar-refractivity contribution in [3.63, 3.8) is 0 Å². The first-order valence-corrected chi connectivity index (χ1v) is 8.82. The Bertz CT molecular complexity index is 966. The Morgan fingerprint density at radius 1 is 0.739 bits per heavy atom. The van der Waals surface area contributed by atoms with Crippen LogP contribution in [0.1, 0.15) is 0 Å². The highest BCUT2D eigenvalue weighted by Crippen LogP contribution is 2.27. The minimum atomic E-state index is -4.89. The van der Waals surface area contributed by atoms with E-state index >= 15 is 0 Å². The molecular formula is C12H11N3O6S2. The summed E-state index contributed by atoms with van der Waals surface area (Å²) in [6.45, 7) is 0. The molecule has 0 heterocycles. The molecule has 0 aliphatic heterocycles. The van der Waals surface area contributed by atoms with Crippen molar-refractivity contribution in [2.45, 2.75) is 9.79 Å². The number of rotatable bonds is 4. The maximum Gasteiger partial charge on any atom is 0.295 e. The molecule has 0 bridgehead atoms. The van der Waals surface area contributed by atoms with E-state index in [1.54, 1.807) is 24.3 Å². The summed E-state index contributed by atoms with van der Waals surface area (Å²) in [6, 6.07) is 9.00. The highest BCUT2D eigenvalue weighted by Gasteiger charge is 2.24. The zero-order valence-electron chi connectivity index (χ0n) is 11.4. The van der Waals surface area contributed by atoms with Crippen LogP contribution in [0.4, 0.5) is 17.1 Å². The van der Waals surface area contributed by atoms with Crippen molar-refractivity contribution in [2.75, 3.05) is 5.73 Å². The van der Waals surface area contributed by atoms with Crippen LogP contribution in [0.2, 0.25) is 0 Å². The second-order valence-electron chi connectivity index (χ2n) is 4.37. The van der Waals surface area contributed by atoms with Gasteiger partial charge in [-0.15, -0.1) is 0 Å². The summed E-state index contributed by atoms with van der Waals surface area (Å²) < 4.78 is 62.9. The third-order valence-corrected chi connectivity index (χ3v) is 4.59. The number of hydrogen-bond donors (Lipinski definition) is 3. The van der Waals surface area contributed by atoms with Gasteiger partial charge in [-0.3, -0.25) is 9.11 Å². The quantitative estimate of drug-likeness (QED) is 0.429. The summed E-state index contributed by atoms with van der Waals surface area (Å²) in [5, 5.41) is 7.55. The van der Waals surface area contributed by atoms with Crippen LogP contribution in [0.15, 0.2) is 62.5 Å². The summed E-state index contributed by atoms with van der Waals surface area (Å²) in [5.74, 6) is 0. The monoisotopic (exact) mass is 357 g/mol. The lowest BCUT2D eigenvalue weighted by Gasteiger charge is -2.04. The normalized spacial score (nSPS) is 12.6. The molecule has 0 amide bonds. The van der Waals surface area contributed by atoms with Gasteiger partial charge in [-0.25, -0.2) is 0 Å². The van der Waals surface area contributed by atoms with E-state index in [2.05, 4.69) is 10.2 Å². The summed E-state index contributed by atoms with van der Waals surface area (Å²) >= 11 is 0. The van der Waals surface area contributed by atoms with Crippen molar-refractivity contribution in [1.29, 1.82) is 0 Å². The van der Waals surface area contributed by atoms with Gasteiger partial charge < -0.3 is 5.73 Å². The second-order valence-corrected chi connectivity index (χ2v) is 7.15. The molecule has 0 saturated carbocycles. The van der Waals surface area contributed by atoms with Crippen molar-refractivity contribution < 1.29 is 25.9 Å². The largest absolute Gasteiger partial charge is 0.399 e. The lowest BCUT2D eigenvalue weighted by atomic mass is 10.3. The number of azo groups is 1. The number of hydrogen-bond acceptors (Lipinski definition) is 7. The molecule has 0 saturated heterocycles. The van der Waals surface area contributed by atoms with Crippen LogP contribution in [-0.4, -0.2) is 25.9 Å². The van der Waals surface area contributed by atoms with E-state index in [-0.39, 0.29) is 5.69 Å². The van der Waals surface area contributed by atoms with E-state index in [1.165, 1.54) is 0 Å². The Labute approximate surface area is 132 Å². The molecule has 9 nitrogen and oxygen atoms in total. The van der Waals surface area contributed by atoms with Crippen LogP contribution in [0.25, 0.3) is 0 Å². The lowest BCUT2D eigenvalue weighted by Crippen LogP contribution is -2.08. The van der Waals surface area contributed by atoms with Crippen LogP contribution >= 0.6 is 0 Å². The average molecular weight is 357 g/mol. The number of nitrogens with two attached hydrogens (primary N) is 1. The van der Waals surface area contributed by atoms with Crippen molar-refractivity contribution >= 4 is 37.3 Å². The molecule has 0 unspecified atom stereocenters. The first kappa shape index (κ1) is 17.0. The zero-order chi connectivity index (χ0) is 17.3. The fourth-order valence-corrected chi connectivity index (χ4v) is 3.41. The van der Waals surface area contributed by atoms with Crippen molar-refractivity contribution in [3.8, 4) is 0 Å². The molecule has 2 aromatic carbocycles. The van der Waals surface area contributed by atoms with Gasteiger partial charge in [0.25, 0.3) is 20.2 Å². The predicted octanol–water partition coefficient (Wildman–Crippen LogP) is 2.18. The van der Waals surface area contributed by atoms with Gasteiger partial charge in [-0.1, -0.05) is 0 Å². The number of nitrogen functional groups attached to an aromatic ring is 1. The van der Waals surface area contributed by atoms with Crippen LogP contribution in [-0.2, 0) is 20.2 Å². The third kappa shape index (κ3) is 4.32. The third-order valence-electron chi connectivity index (χ3n) is 2.66. The van der Waals surface area contributed by atoms with Crippen LogP contribution in [0, 0.1) is 0 Å². The molecule has 4 N–H and O–H groups in total. The summed E-state index contributed by atoms with van der Waals surface area (Å²) in [4.78, 5) is -1.94. The van der Waals surface area contributed by atoms with Gasteiger partial charge in [-0.2, -0.15) is 27.1 Å². The SMILES string of the molecule is Nc1ccc(N=Nc2ccc(S(=O)(=O)O)c(S(=O)(=O)O)c2)cc1. The van der Waals surface area contributed by atoms with E-state index in [1.807, 2.05) is 0 Å². The van der Waals surface area contributed by atoms with Gasteiger partial charge in [0.05, 0.1) is 11.4 Å². The molecule has 0 atom stereocenters. The fourth-order valence-electron chi connectivity index (χ4n) is 1.63. The summed E-state index contributed by atoms with van der Waals surface area (Å²) in [5.41, 5.74) is 6.42. The molecule has 0 radical (unpaired) electrons. The van der Waals surface area contributed by atoms with E-state index in [0.29, 0.717) is 11.4 Å². The van der Waals surface area contributed by atoms with Crippen LogP contribution in [0.5, 0.6) is 0 Å². The minimum absolute atomic E-state index is 0.0400. The molecule has 2 rings (SSSR count). The molecule has 0 fully saturated rings. The second kappa shape index (κ2) is 6.04. The topological polar surface area (TPSA) is 159 Å². The average Bonchev–Trinajstić information content (AvgIpc) is 2.44. The summed E-state index contributed by atoms with van der Waals surface area (Å²) in [6.07, 6.45) is 0. The van der Waals surface area contributed by atoms with Gasteiger partial charge in [0, 0.05) is 5.69 Å². The minimum Gasteiger partial charge on any atom is -0.399 e. The molecule has 0 aliphatic carbocycles. The number of anilines is 1. The standard InChI is InChI=1S/C12H11N3O6S2/c13-8-1-3-9(4-2-8)14-15-10-5-6-11(22(16,17)18)12(7-10)23(19,20)21/h1-7H,13H2,(H,16,17,18)(H,19,20,21). The molecule has 23 heavy (non-hydrogen) atoms. The molecule has 11 heteroatoms. The maximum absolute atomic E-state index is 11.3. The van der Waals surface area contributed by atoms with Crippen molar-refractivity contribution in [2.24, 2.45) is 10.2 Å². The van der Waals surface area contributed by atoms with Crippen molar-refractivity contribution in [3.05, 3.63) is 42.5 Å². The number of nitrogens with zero attached hydrogens (tertiary/aromatic N) is 2. The first-order valence-electron chi connectivity index (χ1n) is 5.94. The number of benzene rings is 2. The smallest absolute Gasteiger partial charge is 0.295 e. The van der Waals surface area contributed by atoms with Gasteiger partial charge in [-0.05, 0) is 42.5 Å². The lowest BCUT2D eigenvalue weighted by molar-refractivity contribution is 0.466. The fraction of sp³-hybridized carbons (Fsp3) is 0. The molecule has 122 valence electrons. The highest BCUT2D eigenvalue weighted by molar-refractivity contribution is 7.89. The zero-order valence-corrected chi connectivity index (χ0v) is 13.0. The van der Waals surface area contributed by atoms with Crippen molar-refractivity contribution in [1.82, 2.24) is 0 Å². The Kier molecular flexibility index (Phi) is 4.47. The Hall–Kier alpha value is -2.34. The van der Waals surface area contributed by atoms with E-state index in [0.717, 1.165) is 18.2 Å². The van der Waals surface area contributed by atoms with E-state index in [4.69, 9.17) is 14.8 Å². The molecule has 0 aliphatic rings. The highest BCUT2D eigenvalue weighted by atomic mass is 32.2. The maximum atomic E-state index is 11.3. The van der Waals surface area contributed by atoms with Gasteiger partial charge in [0.1, 0.15) is 9.79 Å². The first-order chi connectivity index (χ1) is 10.6. The summed E-state index contributed by atoms with van der Waals surface area (Å²) in [7, 11) is -9.72. The van der Waals surface area contributed by atoms with E-state index < -0.39 is 30.0 Å². The van der Waals surface area contributed by atoms with Gasteiger partial charge in [0.15, 0.2) is 0 Å². The molecule has 0 spiro atoms. The Morgan fingerprint density at radius 3 is 1.74 bits per heavy atom. The Morgan fingerprint density at radius 2 is 1.22 bits per heavy atom. The molecule has 0 aromatic heterocycles. The van der Waals surface area contributed by atoms with Gasteiger partial charge >= 0.3 is 0 Å². The Balaban J connectivity index is 2.48. The van der Waals surface area contributed by atoms with Crippen LogP contribution < -0.4 is 5.73 Å². The van der Waals surface area contributed by atoms with E-state index in [9.17, 15) is 16.8 Å².